The van der Waals surface area contributed by atoms with Crippen molar-refractivity contribution in [3.05, 3.63) is 30.2 Å². The molecule has 0 radical (unpaired) electrons. The van der Waals surface area contributed by atoms with Gasteiger partial charge in [0.05, 0.1) is 6.04 Å². The third-order valence-electron chi connectivity index (χ3n) is 4.27. The van der Waals surface area contributed by atoms with Gasteiger partial charge in [-0.1, -0.05) is 33.8 Å². The highest BCUT2D eigenvalue weighted by atomic mass is 32.2. The van der Waals surface area contributed by atoms with Crippen molar-refractivity contribution in [1.82, 2.24) is 24.8 Å². The first kappa shape index (κ1) is 17.1. The van der Waals surface area contributed by atoms with Crippen LogP contribution in [-0.4, -0.2) is 49.1 Å². The molecule has 0 saturated carbocycles. The van der Waals surface area contributed by atoms with Crippen molar-refractivity contribution in [2.45, 2.75) is 44.2 Å². The number of carbonyl (C=O) groups excluding carboxylic acids is 1. The van der Waals surface area contributed by atoms with E-state index in [2.05, 4.69) is 43.2 Å². The van der Waals surface area contributed by atoms with Gasteiger partial charge >= 0.3 is 6.03 Å². The fourth-order valence-electron chi connectivity index (χ4n) is 3.17. The summed E-state index contributed by atoms with van der Waals surface area (Å²) < 4.78 is 1.95. The van der Waals surface area contributed by atoms with Crippen molar-refractivity contribution < 1.29 is 4.79 Å². The summed E-state index contributed by atoms with van der Waals surface area (Å²) in [6.45, 7) is 10.1. The number of pyridine rings is 1. The molecule has 130 valence electrons. The van der Waals surface area contributed by atoms with Gasteiger partial charge in [-0.2, -0.15) is 11.8 Å². The number of urea groups is 1. The number of nitrogens with one attached hydrogen (secondary N) is 1. The van der Waals surface area contributed by atoms with Crippen LogP contribution in [-0.2, 0) is 0 Å². The summed E-state index contributed by atoms with van der Waals surface area (Å²) in [5.41, 5.74) is 0.795. The van der Waals surface area contributed by atoms with E-state index < -0.39 is 0 Å². The van der Waals surface area contributed by atoms with Gasteiger partial charge in [0.15, 0.2) is 11.5 Å². The van der Waals surface area contributed by atoms with E-state index in [1.54, 1.807) is 0 Å². The molecule has 0 bridgehead atoms. The van der Waals surface area contributed by atoms with Crippen molar-refractivity contribution in [2.75, 3.05) is 13.1 Å². The molecule has 3 rings (SSSR count). The Morgan fingerprint density at radius 2 is 1.96 bits per heavy atom. The Hall–Kier alpha value is -1.76. The predicted molar refractivity (Wildman–Crippen MR) is 97.2 cm³/mol. The minimum Gasteiger partial charge on any atom is -0.328 e. The minimum atomic E-state index is -0.171. The van der Waals surface area contributed by atoms with E-state index in [9.17, 15) is 4.79 Å². The molecule has 1 aliphatic rings. The van der Waals surface area contributed by atoms with Crippen molar-refractivity contribution in [1.29, 1.82) is 0 Å². The van der Waals surface area contributed by atoms with E-state index >= 15 is 0 Å². The van der Waals surface area contributed by atoms with E-state index in [0.717, 1.165) is 24.6 Å². The molecule has 0 aromatic carbocycles. The Morgan fingerprint density at radius 1 is 1.25 bits per heavy atom. The first-order chi connectivity index (χ1) is 11.5. The second kappa shape index (κ2) is 7.01. The highest BCUT2D eigenvalue weighted by Gasteiger charge is 2.29. The maximum absolute atomic E-state index is 12.8. The molecule has 1 saturated heterocycles. The Kier molecular flexibility index (Phi) is 4.99. The number of carbonyl (C=O) groups is 1. The Labute approximate surface area is 147 Å². The van der Waals surface area contributed by atoms with E-state index in [-0.39, 0.29) is 18.0 Å². The molecular weight excluding hydrogens is 322 g/mol. The van der Waals surface area contributed by atoms with Gasteiger partial charge in [-0.15, -0.1) is 10.2 Å². The summed E-state index contributed by atoms with van der Waals surface area (Å²) in [5, 5.41) is 12.6. The topological polar surface area (TPSA) is 62.5 Å². The lowest BCUT2D eigenvalue weighted by Gasteiger charge is -2.35. The fraction of sp³-hybridized carbons (Fsp3) is 0.588. The van der Waals surface area contributed by atoms with Gasteiger partial charge in [0.25, 0.3) is 0 Å². The average Bonchev–Trinajstić information content (AvgIpc) is 2.95. The molecule has 7 heteroatoms. The lowest BCUT2D eigenvalue weighted by molar-refractivity contribution is 0.188. The minimum absolute atomic E-state index is 0.0135. The smallest absolute Gasteiger partial charge is 0.318 e. The molecule has 0 aliphatic carbocycles. The zero-order chi connectivity index (χ0) is 17.3. The van der Waals surface area contributed by atoms with E-state index in [0.29, 0.717) is 10.5 Å². The monoisotopic (exact) mass is 347 g/mol. The number of rotatable bonds is 3. The van der Waals surface area contributed by atoms with Crippen LogP contribution in [0.5, 0.6) is 0 Å². The zero-order valence-electron chi connectivity index (χ0n) is 14.6. The molecule has 1 N–H and O–H groups in total. The summed E-state index contributed by atoms with van der Waals surface area (Å²) in [6, 6.07) is 5.62. The van der Waals surface area contributed by atoms with Gasteiger partial charge in [0, 0.05) is 29.8 Å². The van der Waals surface area contributed by atoms with Crippen LogP contribution < -0.4 is 5.32 Å². The van der Waals surface area contributed by atoms with E-state index in [1.165, 1.54) is 0 Å². The second-order valence-corrected chi connectivity index (χ2v) is 8.70. The van der Waals surface area contributed by atoms with Crippen molar-refractivity contribution in [3.8, 4) is 0 Å². The summed E-state index contributed by atoms with van der Waals surface area (Å²) in [4.78, 5) is 14.7. The molecule has 1 aliphatic heterocycles. The molecule has 2 aromatic heterocycles. The molecule has 24 heavy (non-hydrogen) atoms. The first-order valence-corrected chi connectivity index (χ1v) is 9.40. The maximum Gasteiger partial charge on any atom is 0.318 e. The van der Waals surface area contributed by atoms with Crippen molar-refractivity contribution in [2.24, 2.45) is 5.92 Å². The molecule has 1 fully saturated rings. The third kappa shape index (κ3) is 3.50. The van der Waals surface area contributed by atoms with Crippen LogP contribution in [0.1, 0.15) is 39.6 Å². The van der Waals surface area contributed by atoms with Gasteiger partial charge < -0.3 is 10.2 Å². The summed E-state index contributed by atoms with van der Waals surface area (Å²) in [7, 11) is 0. The van der Waals surface area contributed by atoms with Gasteiger partial charge in [-0.3, -0.25) is 4.40 Å². The first-order valence-electron chi connectivity index (χ1n) is 8.46. The Balaban J connectivity index is 1.80. The summed E-state index contributed by atoms with van der Waals surface area (Å²) >= 11 is 1.94. The predicted octanol–water partition coefficient (Wildman–Crippen LogP) is 2.96. The van der Waals surface area contributed by atoms with Gasteiger partial charge in [-0.25, -0.2) is 4.79 Å². The second-order valence-electron chi connectivity index (χ2n) is 6.82. The molecule has 0 unspecified atom stereocenters. The average molecular weight is 347 g/mol. The van der Waals surface area contributed by atoms with Crippen LogP contribution in [0.3, 0.4) is 0 Å². The SMILES string of the molecule is CC(C)[C@@H](NC(=O)N1C[C@@H](C)S[C@@H](C)C1)c1nnc2ccccn12. The van der Waals surface area contributed by atoms with Crippen LogP contribution >= 0.6 is 11.8 Å². The number of aromatic nitrogens is 3. The van der Waals surface area contributed by atoms with Crippen LogP contribution in [0, 0.1) is 5.92 Å². The number of hydrogen-bond acceptors (Lipinski definition) is 4. The Bertz CT molecular complexity index is 706. The highest BCUT2D eigenvalue weighted by molar-refractivity contribution is 8.00. The largest absolute Gasteiger partial charge is 0.328 e. The standard InChI is InChI=1S/C17H25N5OS/c1-11(2)15(16-20-19-14-7-5-6-8-22(14)16)18-17(23)21-9-12(3)24-13(4)10-21/h5-8,11-13,15H,9-10H2,1-4H3,(H,18,23)/t12-,13+,15-/m1/s1. The zero-order valence-corrected chi connectivity index (χ0v) is 15.5. The van der Waals surface area contributed by atoms with Crippen LogP contribution in [0.2, 0.25) is 0 Å². The molecule has 0 spiro atoms. The number of nitrogens with zero attached hydrogens (tertiary/aromatic N) is 4. The van der Waals surface area contributed by atoms with Gasteiger partial charge in [0.1, 0.15) is 0 Å². The third-order valence-corrected chi connectivity index (χ3v) is 5.50. The highest BCUT2D eigenvalue weighted by Crippen LogP contribution is 2.26. The van der Waals surface area contributed by atoms with Crippen LogP contribution in [0.15, 0.2) is 24.4 Å². The number of thioether (sulfide) groups is 1. The van der Waals surface area contributed by atoms with Crippen LogP contribution in [0.4, 0.5) is 4.79 Å². The summed E-state index contributed by atoms with van der Waals surface area (Å²) in [6.07, 6.45) is 1.94. The maximum atomic E-state index is 12.8. The molecule has 2 aromatic rings. The van der Waals surface area contributed by atoms with Gasteiger partial charge in [-0.05, 0) is 18.1 Å². The van der Waals surface area contributed by atoms with Crippen molar-refractivity contribution in [3.63, 3.8) is 0 Å². The molecule has 6 nitrogen and oxygen atoms in total. The fourth-order valence-corrected chi connectivity index (χ4v) is 4.49. The normalized spacial score (nSPS) is 22.8. The van der Waals surface area contributed by atoms with E-state index in [4.69, 9.17) is 0 Å². The Morgan fingerprint density at radius 3 is 2.62 bits per heavy atom. The summed E-state index contributed by atoms with van der Waals surface area (Å²) in [5.74, 6) is 0.997. The lowest BCUT2D eigenvalue weighted by atomic mass is 10.0. The van der Waals surface area contributed by atoms with Crippen LogP contribution in [0.25, 0.3) is 5.65 Å². The lowest BCUT2D eigenvalue weighted by Crippen LogP contribution is -2.50. The molecule has 3 atom stereocenters. The van der Waals surface area contributed by atoms with Gasteiger partial charge in [0.2, 0.25) is 0 Å². The van der Waals surface area contributed by atoms with Crippen molar-refractivity contribution >= 4 is 23.4 Å². The number of hydrogen-bond donors (Lipinski definition) is 1. The molecule has 3 heterocycles. The number of fused-ring (bicyclic) bond motifs is 1. The molecule has 2 amide bonds. The molecular formula is C17H25N5OS. The van der Waals surface area contributed by atoms with E-state index in [1.807, 2.05) is 45.5 Å². The quantitative estimate of drug-likeness (QED) is 0.927. The number of amides is 2.